The molecular weight excluding hydrogens is 222 g/mol. The number of rotatable bonds is 6. The van der Waals surface area contributed by atoms with Crippen molar-refractivity contribution in [3.63, 3.8) is 0 Å². The topological polar surface area (TPSA) is 21.3 Å². The number of benzene rings is 1. The Morgan fingerprint density at radius 2 is 2.00 bits per heavy atom. The summed E-state index contributed by atoms with van der Waals surface area (Å²) >= 11 is 0. The zero-order valence-electron chi connectivity index (χ0n) is 12.0. The minimum atomic E-state index is 0.0644. The van der Waals surface area contributed by atoms with Crippen molar-refractivity contribution in [2.75, 3.05) is 13.1 Å². The Morgan fingerprint density at radius 3 is 2.56 bits per heavy atom. The monoisotopic (exact) mass is 247 g/mol. The first-order chi connectivity index (χ1) is 8.51. The van der Waals surface area contributed by atoms with Crippen LogP contribution in [0, 0.1) is 19.8 Å². The quantitative estimate of drug-likeness (QED) is 0.831. The Hall–Kier alpha value is -1.02. The average molecular weight is 247 g/mol. The molecule has 2 rings (SSSR count). The van der Waals surface area contributed by atoms with Crippen molar-refractivity contribution >= 4 is 0 Å². The minimum Gasteiger partial charge on any atom is -0.486 e. The fraction of sp³-hybridized carbons (Fsp3) is 0.625. The molecule has 0 aliphatic heterocycles. The summed E-state index contributed by atoms with van der Waals surface area (Å²) in [5.41, 5.74) is 2.60. The lowest BCUT2D eigenvalue weighted by Crippen LogP contribution is -2.35. The molecule has 2 nitrogen and oxygen atoms in total. The summed E-state index contributed by atoms with van der Waals surface area (Å²) < 4.78 is 6.22. The summed E-state index contributed by atoms with van der Waals surface area (Å²) in [7, 11) is 0. The van der Waals surface area contributed by atoms with E-state index in [1.165, 1.54) is 24.0 Å². The van der Waals surface area contributed by atoms with Crippen molar-refractivity contribution < 1.29 is 4.74 Å². The van der Waals surface area contributed by atoms with E-state index < -0.39 is 0 Å². The van der Waals surface area contributed by atoms with E-state index in [1.54, 1.807) is 0 Å². The van der Waals surface area contributed by atoms with E-state index in [-0.39, 0.29) is 5.60 Å². The molecule has 1 aliphatic rings. The Bertz CT molecular complexity index is 408. The van der Waals surface area contributed by atoms with Gasteiger partial charge >= 0.3 is 0 Å². The molecule has 1 aromatic rings. The highest BCUT2D eigenvalue weighted by Crippen LogP contribution is 2.40. The predicted molar refractivity (Wildman–Crippen MR) is 76.2 cm³/mol. The van der Waals surface area contributed by atoms with Crippen LogP contribution in [0.25, 0.3) is 0 Å². The van der Waals surface area contributed by atoms with E-state index in [4.69, 9.17) is 4.74 Å². The van der Waals surface area contributed by atoms with Gasteiger partial charge in [-0.3, -0.25) is 0 Å². The van der Waals surface area contributed by atoms with Gasteiger partial charge in [0.1, 0.15) is 11.4 Å². The molecule has 18 heavy (non-hydrogen) atoms. The van der Waals surface area contributed by atoms with Crippen molar-refractivity contribution in [1.82, 2.24) is 5.32 Å². The molecule has 0 bridgehead atoms. The normalized spacial score (nSPS) is 16.9. The fourth-order valence-electron chi connectivity index (χ4n) is 2.19. The van der Waals surface area contributed by atoms with Gasteiger partial charge in [0.25, 0.3) is 0 Å². The molecule has 0 spiro atoms. The number of hydrogen-bond donors (Lipinski definition) is 1. The molecule has 0 saturated heterocycles. The minimum absolute atomic E-state index is 0.0644. The van der Waals surface area contributed by atoms with Gasteiger partial charge in [0.15, 0.2) is 0 Å². The van der Waals surface area contributed by atoms with Crippen LogP contribution >= 0.6 is 0 Å². The zero-order chi connectivity index (χ0) is 13.2. The van der Waals surface area contributed by atoms with E-state index >= 15 is 0 Å². The highest BCUT2D eigenvalue weighted by molar-refractivity contribution is 5.36. The fourth-order valence-corrected chi connectivity index (χ4v) is 2.19. The summed E-state index contributed by atoms with van der Waals surface area (Å²) in [5, 5.41) is 3.51. The Morgan fingerprint density at radius 1 is 1.28 bits per heavy atom. The first kappa shape index (κ1) is 13.4. The Labute approximate surface area is 111 Å². The molecule has 1 aromatic carbocycles. The summed E-state index contributed by atoms with van der Waals surface area (Å²) in [4.78, 5) is 0. The van der Waals surface area contributed by atoms with Gasteiger partial charge in [-0.2, -0.15) is 0 Å². The first-order valence-corrected chi connectivity index (χ1v) is 6.98. The summed E-state index contributed by atoms with van der Waals surface area (Å²) in [5.74, 6) is 1.74. The second-order valence-corrected chi connectivity index (χ2v) is 6.08. The lowest BCUT2D eigenvalue weighted by molar-refractivity contribution is 0.173. The number of nitrogens with one attached hydrogen (secondary N) is 1. The SMILES string of the molecule is Cc1ccc(OC2(CNCC(C)C)CC2)c(C)c1. The summed E-state index contributed by atoms with van der Waals surface area (Å²) in [6, 6.07) is 6.42. The maximum absolute atomic E-state index is 6.22. The second-order valence-electron chi connectivity index (χ2n) is 6.08. The third-order valence-electron chi connectivity index (χ3n) is 3.46. The molecule has 1 fully saturated rings. The van der Waals surface area contributed by atoms with Crippen LogP contribution in [-0.2, 0) is 0 Å². The highest BCUT2D eigenvalue weighted by atomic mass is 16.5. The van der Waals surface area contributed by atoms with Crippen molar-refractivity contribution in [3.8, 4) is 5.75 Å². The lowest BCUT2D eigenvalue weighted by atomic mass is 10.1. The van der Waals surface area contributed by atoms with Crippen LogP contribution in [0.2, 0.25) is 0 Å². The predicted octanol–water partition coefficient (Wildman–Crippen LogP) is 3.46. The van der Waals surface area contributed by atoms with E-state index in [2.05, 4.69) is 51.2 Å². The molecule has 0 atom stereocenters. The lowest BCUT2D eigenvalue weighted by Gasteiger charge is -2.21. The van der Waals surface area contributed by atoms with Gasteiger partial charge in [0.2, 0.25) is 0 Å². The van der Waals surface area contributed by atoms with Crippen LogP contribution in [0.5, 0.6) is 5.75 Å². The van der Waals surface area contributed by atoms with E-state index in [0.29, 0.717) is 5.92 Å². The van der Waals surface area contributed by atoms with E-state index in [9.17, 15) is 0 Å². The maximum atomic E-state index is 6.22. The van der Waals surface area contributed by atoms with Gasteiger partial charge in [0, 0.05) is 6.54 Å². The number of aryl methyl sites for hydroxylation is 2. The van der Waals surface area contributed by atoms with Crippen molar-refractivity contribution in [1.29, 1.82) is 0 Å². The molecular formula is C16H25NO. The Balaban J connectivity index is 1.92. The van der Waals surface area contributed by atoms with Gasteiger partial charge < -0.3 is 10.1 Å². The summed E-state index contributed by atoms with van der Waals surface area (Å²) in [6.45, 7) is 10.7. The van der Waals surface area contributed by atoms with Crippen molar-refractivity contribution in [2.24, 2.45) is 5.92 Å². The van der Waals surface area contributed by atoms with Crippen LogP contribution in [-0.4, -0.2) is 18.7 Å². The highest BCUT2D eigenvalue weighted by Gasteiger charge is 2.45. The molecule has 2 heteroatoms. The van der Waals surface area contributed by atoms with E-state index in [0.717, 1.165) is 18.8 Å². The second kappa shape index (κ2) is 5.31. The van der Waals surface area contributed by atoms with Crippen LogP contribution in [0.4, 0.5) is 0 Å². The van der Waals surface area contributed by atoms with Gasteiger partial charge in [-0.25, -0.2) is 0 Å². The zero-order valence-corrected chi connectivity index (χ0v) is 12.0. The summed E-state index contributed by atoms with van der Waals surface area (Å²) in [6.07, 6.45) is 2.34. The van der Waals surface area contributed by atoms with Crippen molar-refractivity contribution in [3.05, 3.63) is 29.3 Å². The van der Waals surface area contributed by atoms with Crippen LogP contribution in [0.1, 0.15) is 37.8 Å². The van der Waals surface area contributed by atoms with Gasteiger partial charge in [-0.1, -0.05) is 31.5 Å². The van der Waals surface area contributed by atoms with E-state index in [1.807, 2.05) is 0 Å². The maximum Gasteiger partial charge on any atom is 0.123 e. The number of ether oxygens (including phenoxy) is 1. The van der Waals surface area contributed by atoms with Crippen LogP contribution in [0.3, 0.4) is 0 Å². The van der Waals surface area contributed by atoms with Gasteiger partial charge in [-0.05, 0) is 50.8 Å². The third-order valence-corrected chi connectivity index (χ3v) is 3.46. The largest absolute Gasteiger partial charge is 0.486 e. The molecule has 1 N–H and O–H groups in total. The molecule has 100 valence electrons. The molecule has 0 radical (unpaired) electrons. The molecule has 1 aliphatic carbocycles. The number of hydrogen-bond acceptors (Lipinski definition) is 2. The van der Waals surface area contributed by atoms with Gasteiger partial charge in [0.05, 0.1) is 0 Å². The Kier molecular flexibility index (Phi) is 3.96. The first-order valence-electron chi connectivity index (χ1n) is 6.98. The third kappa shape index (κ3) is 3.49. The van der Waals surface area contributed by atoms with Crippen LogP contribution < -0.4 is 10.1 Å². The standard InChI is InChI=1S/C16H25NO/c1-12(2)10-17-11-16(7-8-16)18-15-6-5-13(3)9-14(15)4/h5-6,9,12,17H,7-8,10-11H2,1-4H3. The molecule has 0 heterocycles. The average Bonchev–Trinajstić information content (AvgIpc) is 3.02. The molecule has 0 unspecified atom stereocenters. The van der Waals surface area contributed by atoms with Crippen molar-refractivity contribution in [2.45, 2.75) is 46.1 Å². The smallest absolute Gasteiger partial charge is 0.123 e. The molecule has 0 aromatic heterocycles. The molecule has 0 amide bonds. The van der Waals surface area contributed by atoms with Crippen LogP contribution in [0.15, 0.2) is 18.2 Å². The van der Waals surface area contributed by atoms with Gasteiger partial charge in [-0.15, -0.1) is 0 Å². The molecule has 1 saturated carbocycles.